The summed E-state index contributed by atoms with van der Waals surface area (Å²) in [6.07, 6.45) is -9.90. The highest BCUT2D eigenvalue weighted by Gasteiger charge is 2.42. The van der Waals surface area contributed by atoms with Crippen LogP contribution < -0.4 is 0 Å². The first-order valence-corrected chi connectivity index (χ1v) is 11.1. The quantitative estimate of drug-likeness (QED) is 0.183. The standard InChI is InChI=1S/C17H8Br4F6O/c18-5-7-1-3-9(11(13(7)20)16(22,23)24)15(28)10-4-2-8(6-19)14(21)12(10)17(25,26)27/h1-4H,5-6H2. The molecule has 0 radical (unpaired) electrons. The fourth-order valence-corrected chi connectivity index (χ4v) is 5.63. The molecule has 0 fully saturated rings. The van der Waals surface area contributed by atoms with Gasteiger partial charge in [-0.15, -0.1) is 0 Å². The Balaban J connectivity index is 2.82. The zero-order chi connectivity index (χ0) is 21.4. The maximum absolute atomic E-state index is 13.6. The van der Waals surface area contributed by atoms with Crippen LogP contribution in [0.15, 0.2) is 33.2 Å². The number of benzene rings is 2. The molecule has 0 saturated carbocycles. The van der Waals surface area contributed by atoms with Crippen LogP contribution in [0.1, 0.15) is 38.2 Å². The molecule has 0 amide bonds. The number of carbonyl (C=O) groups is 1. The lowest BCUT2D eigenvalue weighted by atomic mass is 9.92. The molecule has 0 bridgehead atoms. The summed E-state index contributed by atoms with van der Waals surface area (Å²) in [7, 11) is 0. The lowest BCUT2D eigenvalue weighted by Gasteiger charge is -2.19. The van der Waals surface area contributed by atoms with Crippen LogP contribution in [0.4, 0.5) is 26.3 Å². The van der Waals surface area contributed by atoms with Crippen molar-refractivity contribution in [3.8, 4) is 0 Å². The molecule has 0 aliphatic carbocycles. The van der Waals surface area contributed by atoms with E-state index in [4.69, 9.17) is 0 Å². The van der Waals surface area contributed by atoms with Gasteiger partial charge in [-0.1, -0.05) is 56.1 Å². The van der Waals surface area contributed by atoms with Crippen molar-refractivity contribution >= 4 is 69.5 Å². The minimum atomic E-state index is -4.95. The van der Waals surface area contributed by atoms with E-state index in [0.29, 0.717) is 0 Å². The summed E-state index contributed by atoms with van der Waals surface area (Å²) in [5.74, 6) is -1.37. The van der Waals surface area contributed by atoms with Crippen molar-refractivity contribution in [3.63, 3.8) is 0 Å². The molecule has 0 heterocycles. The molecule has 2 rings (SSSR count). The maximum Gasteiger partial charge on any atom is 0.418 e. The smallest absolute Gasteiger partial charge is 0.289 e. The van der Waals surface area contributed by atoms with Crippen molar-refractivity contribution in [2.75, 3.05) is 0 Å². The summed E-state index contributed by atoms with van der Waals surface area (Å²) >= 11 is 11.7. The minimum Gasteiger partial charge on any atom is -0.289 e. The molecule has 0 aliphatic heterocycles. The molecule has 0 unspecified atom stereocenters. The number of hydrogen-bond acceptors (Lipinski definition) is 1. The SMILES string of the molecule is O=C(c1ccc(CBr)c(Br)c1C(F)(F)F)c1ccc(CBr)c(Br)c1C(F)(F)F. The molecule has 0 aromatic heterocycles. The van der Waals surface area contributed by atoms with E-state index in [1.165, 1.54) is 12.1 Å². The van der Waals surface area contributed by atoms with Crippen molar-refractivity contribution < 1.29 is 31.1 Å². The Labute approximate surface area is 189 Å². The fraction of sp³-hybridized carbons (Fsp3) is 0.235. The Morgan fingerprint density at radius 1 is 0.714 bits per heavy atom. The van der Waals surface area contributed by atoms with Gasteiger partial charge in [-0.25, -0.2) is 0 Å². The third kappa shape index (κ3) is 4.67. The zero-order valence-corrected chi connectivity index (χ0v) is 19.8. The summed E-state index contributed by atoms with van der Waals surface area (Å²) in [6.45, 7) is 0. The van der Waals surface area contributed by atoms with Crippen molar-refractivity contribution in [2.24, 2.45) is 0 Å². The summed E-state index contributed by atoms with van der Waals surface area (Å²) in [4.78, 5) is 12.8. The molecule has 28 heavy (non-hydrogen) atoms. The van der Waals surface area contributed by atoms with Crippen LogP contribution in [0.3, 0.4) is 0 Å². The number of carbonyl (C=O) groups excluding carboxylic acids is 1. The van der Waals surface area contributed by atoms with Gasteiger partial charge in [-0.05, 0) is 43.0 Å². The zero-order valence-electron chi connectivity index (χ0n) is 13.4. The molecule has 0 atom stereocenters. The monoisotopic (exact) mass is 658 g/mol. The van der Waals surface area contributed by atoms with Crippen LogP contribution >= 0.6 is 63.7 Å². The highest BCUT2D eigenvalue weighted by atomic mass is 79.9. The van der Waals surface area contributed by atoms with Crippen LogP contribution in [0.2, 0.25) is 0 Å². The van der Waals surface area contributed by atoms with Gasteiger partial charge in [0.05, 0.1) is 11.1 Å². The second-order valence-corrected chi connectivity index (χ2v) is 8.22. The number of halogens is 10. The molecule has 0 N–H and O–H groups in total. The van der Waals surface area contributed by atoms with Gasteiger partial charge in [0.1, 0.15) is 0 Å². The molecular formula is C17H8Br4F6O. The van der Waals surface area contributed by atoms with Gasteiger partial charge in [0.2, 0.25) is 0 Å². The Morgan fingerprint density at radius 2 is 1.04 bits per heavy atom. The van der Waals surface area contributed by atoms with Crippen molar-refractivity contribution in [1.29, 1.82) is 0 Å². The molecular weight excluding hydrogens is 654 g/mol. The van der Waals surface area contributed by atoms with E-state index in [-0.39, 0.29) is 21.8 Å². The van der Waals surface area contributed by atoms with E-state index in [9.17, 15) is 31.1 Å². The number of ketones is 1. The van der Waals surface area contributed by atoms with Crippen LogP contribution in [-0.2, 0) is 23.0 Å². The molecule has 11 heteroatoms. The number of hydrogen-bond donors (Lipinski definition) is 0. The van der Waals surface area contributed by atoms with E-state index in [1.54, 1.807) is 0 Å². The van der Waals surface area contributed by atoms with Crippen LogP contribution in [0, 0.1) is 0 Å². The molecule has 2 aromatic rings. The van der Waals surface area contributed by atoms with E-state index in [2.05, 4.69) is 63.7 Å². The van der Waals surface area contributed by atoms with E-state index in [1.807, 2.05) is 0 Å². The second-order valence-electron chi connectivity index (χ2n) is 5.51. The summed E-state index contributed by atoms with van der Waals surface area (Å²) in [5.41, 5.74) is -3.96. The van der Waals surface area contributed by atoms with Gasteiger partial charge in [0.25, 0.3) is 0 Å². The van der Waals surface area contributed by atoms with Crippen molar-refractivity contribution in [3.05, 3.63) is 66.6 Å². The van der Waals surface area contributed by atoms with E-state index in [0.717, 1.165) is 12.1 Å². The van der Waals surface area contributed by atoms with Crippen molar-refractivity contribution in [2.45, 2.75) is 23.0 Å². The predicted octanol–water partition coefficient (Wildman–Crippen LogP) is 8.27. The Hall–Kier alpha value is -0.390. The second kappa shape index (κ2) is 8.77. The normalized spacial score (nSPS) is 12.4. The van der Waals surface area contributed by atoms with Crippen LogP contribution in [0.25, 0.3) is 0 Å². The lowest BCUT2D eigenvalue weighted by Crippen LogP contribution is -2.20. The first-order valence-electron chi connectivity index (χ1n) is 7.28. The largest absolute Gasteiger partial charge is 0.418 e. The fourth-order valence-electron chi connectivity index (χ4n) is 2.52. The molecule has 2 aromatic carbocycles. The highest BCUT2D eigenvalue weighted by molar-refractivity contribution is 9.11. The maximum atomic E-state index is 13.6. The molecule has 152 valence electrons. The third-order valence-corrected chi connectivity index (χ3v) is 6.81. The van der Waals surface area contributed by atoms with E-state index >= 15 is 0 Å². The third-order valence-electron chi connectivity index (χ3n) is 3.79. The minimum absolute atomic E-state index is 0.0600. The van der Waals surface area contributed by atoms with Gasteiger partial charge >= 0.3 is 12.4 Å². The average molecular weight is 662 g/mol. The van der Waals surface area contributed by atoms with Gasteiger partial charge in [-0.3, -0.25) is 4.79 Å². The molecule has 1 nitrogen and oxygen atoms in total. The number of alkyl halides is 8. The van der Waals surface area contributed by atoms with Gasteiger partial charge in [0.15, 0.2) is 5.78 Å². The van der Waals surface area contributed by atoms with Crippen molar-refractivity contribution in [1.82, 2.24) is 0 Å². The predicted molar refractivity (Wildman–Crippen MR) is 107 cm³/mol. The summed E-state index contributed by atoms with van der Waals surface area (Å²) < 4.78 is 80.8. The lowest BCUT2D eigenvalue weighted by molar-refractivity contribution is -0.138. The Morgan fingerprint density at radius 3 is 1.29 bits per heavy atom. The van der Waals surface area contributed by atoms with Gasteiger partial charge < -0.3 is 0 Å². The van der Waals surface area contributed by atoms with Crippen LogP contribution in [-0.4, -0.2) is 5.78 Å². The topological polar surface area (TPSA) is 17.1 Å². The highest BCUT2D eigenvalue weighted by Crippen LogP contribution is 2.43. The first-order chi connectivity index (χ1) is 12.8. The van der Waals surface area contributed by atoms with Crippen LogP contribution in [0.5, 0.6) is 0 Å². The van der Waals surface area contributed by atoms with E-state index < -0.39 is 49.3 Å². The Kier molecular flexibility index (Phi) is 7.48. The molecule has 0 aliphatic rings. The first kappa shape index (κ1) is 23.9. The van der Waals surface area contributed by atoms with Gasteiger partial charge in [-0.2, -0.15) is 26.3 Å². The number of rotatable bonds is 4. The van der Waals surface area contributed by atoms with Gasteiger partial charge in [0, 0.05) is 30.7 Å². The average Bonchev–Trinajstić information content (AvgIpc) is 2.58. The Bertz CT molecular complexity index is 848. The summed E-state index contributed by atoms with van der Waals surface area (Å²) in [5, 5.41) is 0.120. The summed E-state index contributed by atoms with van der Waals surface area (Å²) in [6, 6.07) is 4.27. The molecule has 0 saturated heterocycles. The molecule has 0 spiro atoms.